The van der Waals surface area contributed by atoms with Gasteiger partial charge in [-0.2, -0.15) is 18.2 Å². The summed E-state index contributed by atoms with van der Waals surface area (Å²) in [7, 11) is 0. The van der Waals surface area contributed by atoms with Crippen LogP contribution < -0.4 is 15.7 Å². The molecule has 1 fully saturated rings. The van der Waals surface area contributed by atoms with Crippen molar-refractivity contribution in [1.82, 2.24) is 9.47 Å². The number of nitrogens with zero attached hydrogens (tertiary/aromatic N) is 3. The van der Waals surface area contributed by atoms with E-state index in [-0.39, 0.29) is 22.3 Å². The van der Waals surface area contributed by atoms with Gasteiger partial charge in [0.1, 0.15) is 0 Å². The van der Waals surface area contributed by atoms with Crippen molar-refractivity contribution in [3.63, 3.8) is 0 Å². The number of hydroxylamine groups is 1. The van der Waals surface area contributed by atoms with Crippen LogP contribution in [-0.4, -0.2) is 53.0 Å². The number of hydrogen-bond donors (Lipinski definition) is 3. The SMILES string of the molecule is Cc1ccc(N(O)C(=O)Nc2ccc(-n3ccc4cc(NC(=O)N5CCOCC5)ccc43)cc2)cc1C(F)(F)F. The highest BCUT2D eigenvalue weighted by Crippen LogP contribution is 2.34. The molecule has 4 amide bonds. The number of aryl methyl sites for hydroxylation is 1. The normalized spacial score (nSPS) is 13.8. The summed E-state index contributed by atoms with van der Waals surface area (Å²) in [5.41, 5.74) is 1.41. The van der Waals surface area contributed by atoms with Crippen LogP contribution in [0.1, 0.15) is 11.1 Å². The molecule has 0 spiro atoms. The van der Waals surface area contributed by atoms with Crippen molar-refractivity contribution in [2.45, 2.75) is 13.1 Å². The molecule has 0 radical (unpaired) electrons. The lowest BCUT2D eigenvalue weighted by molar-refractivity contribution is -0.138. The highest BCUT2D eigenvalue weighted by molar-refractivity contribution is 6.00. The summed E-state index contributed by atoms with van der Waals surface area (Å²) in [5.74, 6) is 0. The van der Waals surface area contributed by atoms with E-state index in [1.807, 2.05) is 35.0 Å². The molecule has 1 aromatic heterocycles. The fourth-order valence-corrected chi connectivity index (χ4v) is 4.46. The van der Waals surface area contributed by atoms with Gasteiger partial charge in [0.15, 0.2) is 0 Å². The van der Waals surface area contributed by atoms with Crippen LogP contribution >= 0.6 is 0 Å². The Morgan fingerprint density at radius 3 is 2.33 bits per heavy atom. The Morgan fingerprint density at radius 2 is 1.62 bits per heavy atom. The first-order chi connectivity index (χ1) is 19.1. The van der Waals surface area contributed by atoms with Crippen LogP contribution in [0.25, 0.3) is 16.6 Å². The zero-order valence-electron chi connectivity index (χ0n) is 21.4. The number of morpholine rings is 1. The number of rotatable bonds is 4. The van der Waals surface area contributed by atoms with E-state index in [0.29, 0.717) is 43.7 Å². The maximum Gasteiger partial charge on any atom is 0.416 e. The molecule has 0 bridgehead atoms. The third-order valence-electron chi connectivity index (χ3n) is 6.60. The molecular weight excluding hydrogens is 527 g/mol. The number of nitrogens with one attached hydrogen (secondary N) is 2. The molecule has 40 heavy (non-hydrogen) atoms. The second kappa shape index (κ2) is 10.9. The molecule has 0 atom stereocenters. The fourth-order valence-electron chi connectivity index (χ4n) is 4.46. The van der Waals surface area contributed by atoms with Crippen LogP contribution in [0, 0.1) is 6.92 Å². The summed E-state index contributed by atoms with van der Waals surface area (Å²) in [4.78, 5) is 26.7. The van der Waals surface area contributed by atoms with Gasteiger partial charge in [0.05, 0.1) is 30.0 Å². The zero-order chi connectivity index (χ0) is 28.4. The Hall–Kier alpha value is -4.55. The molecule has 4 aromatic rings. The summed E-state index contributed by atoms with van der Waals surface area (Å²) in [6.07, 6.45) is -2.74. The van der Waals surface area contributed by atoms with E-state index >= 15 is 0 Å². The number of anilines is 3. The van der Waals surface area contributed by atoms with Gasteiger partial charge in [-0.1, -0.05) is 6.07 Å². The van der Waals surface area contributed by atoms with Crippen molar-refractivity contribution >= 4 is 40.0 Å². The minimum atomic E-state index is -4.62. The lowest BCUT2D eigenvalue weighted by atomic mass is 10.1. The molecule has 0 saturated carbocycles. The van der Waals surface area contributed by atoms with Gasteiger partial charge in [-0.25, -0.2) is 9.59 Å². The number of urea groups is 2. The number of ether oxygens (including phenoxy) is 1. The Kier molecular flexibility index (Phi) is 7.37. The number of halogens is 3. The zero-order valence-corrected chi connectivity index (χ0v) is 21.4. The Balaban J connectivity index is 1.26. The van der Waals surface area contributed by atoms with Crippen molar-refractivity contribution in [3.8, 4) is 5.69 Å². The number of benzene rings is 3. The number of fused-ring (bicyclic) bond motifs is 1. The fraction of sp³-hybridized carbons (Fsp3) is 0.214. The summed E-state index contributed by atoms with van der Waals surface area (Å²) >= 11 is 0. The number of hydrogen-bond acceptors (Lipinski definition) is 4. The molecule has 9 nitrogen and oxygen atoms in total. The maximum atomic E-state index is 13.2. The smallest absolute Gasteiger partial charge is 0.378 e. The summed E-state index contributed by atoms with van der Waals surface area (Å²) in [6, 6.07) is 16.2. The van der Waals surface area contributed by atoms with Gasteiger partial charge in [-0.3, -0.25) is 5.21 Å². The van der Waals surface area contributed by atoms with Gasteiger partial charge in [-0.15, -0.1) is 0 Å². The van der Waals surface area contributed by atoms with E-state index in [2.05, 4.69) is 10.6 Å². The van der Waals surface area contributed by atoms with Crippen LogP contribution in [0.3, 0.4) is 0 Å². The van der Waals surface area contributed by atoms with Gasteiger partial charge in [-0.05, 0) is 73.2 Å². The first kappa shape index (κ1) is 27.0. The van der Waals surface area contributed by atoms with E-state index < -0.39 is 17.8 Å². The van der Waals surface area contributed by atoms with E-state index in [1.54, 1.807) is 29.2 Å². The van der Waals surface area contributed by atoms with Crippen molar-refractivity contribution < 1.29 is 32.7 Å². The van der Waals surface area contributed by atoms with Crippen molar-refractivity contribution in [3.05, 3.63) is 84.1 Å². The number of carbonyl (C=O) groups is 2. The predicted octanol–water partition coefficient (Wildman–Crippen LogP) is 6.25. The molecule has 12 heteroatoms. The minimum absolute atomic E-state index is 0.0212. The van der Waals surface area contributed by atoms with Crippen molar-refractivity contribution in [1.29, 1.82) is 0 Å². The lowest BCUT2D eigenvalue weighted by Gasteiger charge is -2.26. The second-order valence-electron chi connectivity index (χ2n) is 9.27. The summed E-state index contributed by atoms with van der Waals surface area (Å²) in [5, 5.41) is 16.6. The lowest BCUT2D eigenvalue weighted by Crippen LogP contribution is -2.43. The number of alkyl halides is 3. The Morgan fingerprint density at radius 1 is 0.925 bits per heavy atom. The summed E-state index contributed by atoms with van der Waals surface area (Å²) in [6.45, 7) is 3.43. The topological polar surface area (TPSA) is 99.1 Å². The first-order valence-corrected chi connectivity index (χ1v) is 12.4. The molecule has 0 unspecified atom stereocenters. The number of aromatic nitrogens is 1. The minimum Gasteiger partial charge on any atom is -0.378 e. The van der Waals surface area contributed by atoms with Gasteiger partial charge in [0.2, 0.25) is 0 Å². The third kappa shape index (κ3) is 5.72. The molecule has 0 aliphatic carbocycles. The largest absolute Gasteiger partial charge is 0.416 e. The third-order valence-corrected chi connectivity index (χ3v) is 6.60. The quantitative estimate of drug-likeness (QED) is 0.206. The second-order valence-corrected chi connectivity index (χ2v) is 9.27. The highest BCUT2D eigenvalue weighted by Gasteiger charge is 2.33. The predicted molar refractivity (Wildman–Crippen MR) is 144 cm³/mol. The van der Waals surface area contributed by atoms with Crippen LogP contribution in [0.15, 0.2) is 72.9 Å². The molecule has 1 aliphatic rings. The van der Waals surface area contributed by atoms with Gasteiger partial charge in [0, 0.05) is 41.7 Å². The molecule has 3 aromatic carbocycles. The van der Waals surface area contributed by atoms with E-state index in [4.69, 9.17) is 4.74 Å². The van der Waals surface area contributed by atoms with E-state index in [9.17, 15) is 28.0 Å². The standard InChI is InChI=1S/C28H26F3N5O4/c1-18-2-6-23(17-24(18)28(29,30)31)36(39)27(38)32-20-3-7-22(8-4-20)35-11-10-19-16-21(5-9-25(19)35)33-26(37)34-12-14-40-15-13-34/h2-11,16-17,39H,12-15H2,1H3,(H,32,38)(H,33,37). The monoisotopic (exact) mass is 553 g/mol. The molecule has 1 aliphatic heterocycles. The number of amides is 4. The van der Waals surface area contributed by atoms with Gasteiger partial charge >= 0.3 is 18.2 Å². The molecular formula is C28H26F3N5O4. The van der Waals surface area contributed by atoms with Gasteiger partial charge < -0.3 is 24.8 Å². The molecule has 1 saturated heterocycles. The van der Waals surface area contributed by atoms with Crippen LogP contribution in [0.4, 0.5) is 39.8 Å². The molecule has 5 rings (SSSR count). The average molecular weight is 554 g/mol. The maximum absolute atomic E-state index is 13.2. The Bertz CT molecular complexity index is 1550. The van der Waals surface area contributed by atoms with Crippen molar-refractivity contribution in [2.75, 3.05) is 42.0 Å². The van der Waals surface area contributed by atoms with E-state index in [0.717, 1.165) is 16.6 Å². The highest BCUT2D eigenvalue weighted by atomic mass is 19.4. The van der Waals surface area contributed by atoms with Crippen molar-refractivity contribution in [2.24, 2.45) is 0 Å². The Labute approximate surface area is 227 Å². The van der Waals surface area contributed by atoms with Gasteiger partial charge in [0.25, 0.3) is 0 Å². The summed E-state index contributed by atoms with van der Waals surface area (Å²) < 4.78 is 46.8. The first-order valence-electron chi connectivity index (χ1n) is 12.4. The van der Waals surface area contributed by atoms with Crippen LogP contribution in [-0.2, 0) is 10.9 Å². The van der Waals surface area contributed by atoms with Crippen LogP contribution in [0.2, 0.25) is 0 Å². The molecule has 2 heterocycles. The van der Waals surface area contributed by atoms with Crippen LogP contribution in [0.5, 0.6) is 0 Å². The molecule has 3 N–H and O–H groups in total. The number of carbonyl (C=O) groups excluding carboxylic acids is 2. The molecule has 208 valence electrons. The van der Waals surface area contributed by atoms with E-state index in [1.165, 1.54) is 19.1 Å². The average Bonchev–Trinajstić information content (AvgIpc) is 3.36.